The Hall–Kier alpha value is -2.47. The van der Waals surface area contributed by atoms with Crippen LogP contribution in [0, 0.1) is 0 Å². The van der Waals surface area contributed by atoms with Crippen LogP contribution in [0.2, 0.25) is 5.02 Å². The smallest absolute Gasteiger partial charge is 0.190 e. The lowest BCUT2D eigenvalue weighted by molar-refractivity contribution is 0.753. The van der Waals surface area contributed by atoms with Gasteiger partial charge in [0.1, 0.15) is 23.2 Å². The van der Waals surface area contributed by atoms with Crippen molar-refractivity contribution in [1.29, 1.82) is 0 Å². The second kappa shape index (κ2) is 5.31. The number of hydrogen-bond acceptors (Lipinski definition) is 4. The molecule has 23 heavy (non-hydrogen) atoms. The zero-order valence-corrected chi connectivity index (χ0v) is 13.6. The van der Waals surface area contributed by atoms with Gasteiger partial charge in [-0.1, -0.05) is 24.9 Å². The van der Waals surface area contributed by atoms with Gasteiger partial charge in [0.2, 0.25) is 0 Å². The lowest BCUT2D eigenvalue weighted by Gasteiger charge is -2.06. The van der Waals surface area contributed by atoms with E-state index in [0.717, 1.165) is 46.6 Å². The third kappa shape index (κ3) is 2.17. The zero-order chi connectivity index (χ0) is 16.0. The Bertz CT molecular complexity index is 999. The quantitative estimate of drug-likeness (QED) is 0.579. The molecular weight excluding hydrogens is 312 g/mol. The highest BCUT2D eigenvalue weighted by atomic mass is 35.5. The van der Waals surface area contributed by atoms with Crippen LogP contribution in [0.4, 0.5) is 0 Å². The number of benzene rings is 1. The monoisotopic (exact) mass is 326 g/mol. The molecule has 0 fully saturated rings. The zero-order valence-electron chi connectivity index (χ0n) is 12.9. The van der Waals surface area contributed by atoms with Crippen molar-refractivity contribution in [2.24, 2.45) is 7.05 Å². The Morgan fingerprint density at radius 1 is 1.17 bits per heavy atom. The van der Waals surface area contributed by atoms with Crippen LogP contribution in [0.1, 0.15) is 19.0 Å². The summed E-state index contributed by atoms with van der Waals surface area (Å²) in [6.45, 7) is 2.14. The molecule has 1 aromatic carbocycles. The maximum absolute atomic E-state index is 6.00. The molecular formula is C16H15ClN6. The Morgan fingerprint density at radius 2 is 1.96 bits per heavy atom. The third-order valence-electron chi connectivity index (χ3n) is 3.89. The summed E-state index contributed by atoms with van der Waals surface area (Å²) in [4.78, 5) is 4.87. The molecule has 6 nitrogen and oxygen atoms in total. The van der Waals surface area contributed by atoms with Crippen LogP contribution in [0.15, 0.2) is 30.6 Å². The fourth-order valence-electron chi connectivity index (χ4n) is 2.86. The highest BCUT2D eigenvalue weighted by Crippen LogP contribution is 2.27. The fourth-order valence-corrected chi connectivity index (χ4v) is 2.98. The van der Waals surface area contributed by atoms with Crippen LogP contribution in [-0.4, -0.2) is 29.4 Å². The van der Waals surface area contributed by atoms with Crippen molar-refractivity contribution in [1.82, 2.24) is 29.4 Å². The Balaban J connectivity index is 2.08. The number of aryl methyl sites for hydroxylation is 2. The van der Waals surface area contributed by atoms with Gasteiger partial charge in [-0.05, 0) is 30.7 Å². The number of rotatable bonds is 3. The molecule has 4 rings (SSSR count). The predicted molar refractivity (Wildman–Crippen MR) is 89.5 cm³/mol. The minimum absolute atomic E-state index is 0.697. The van der Waals surface area contributed by atoms with E-state index in [-0.39, 0.29) is 0 Å². The van der Waals surface area contributed by atoms with E-state index in [0.29, 0.717) is 5.02 Å². The molecule has 0 amide bonds. The van der Waals surface area contributed by atoms with E-state index in [4.69, 9.17) is 16.6 Å². The van der Waals surface area contributed by atoms with Crippen molar-refractivity contribution in [3.8, 4) is 11.4 Å². The normalized spacial score (nSPS) is 11.6. The minimum atomic E-state index is 0.697. The second-order valence-electron chi connectivity index (χ2n) is 5.48. The SMILES string of the molecule is CCCc1nn(C)c2c1nc(-c1ccc(Cl)cc1)n1cnnc21. The first-order valence-corrected chi connectivity index (χ1v) is 7.88. The molecule has 3 heterocycles. The molecule has 4 aromatic rings. The molecule has 0 aliphatic heterocycles. The maximum atomic E-state index is 6.00. The molecule has 0 N–H and O–H groups in total. The van der Waals surface area contributed by atoms with Gasteiger partial charge in [-0.25, -0.2) is 4.98 Å². The van der Waals surface area contributed by atoms with Crippen LogP contribution >= 0.6 is 11.6 Å². The van der Waals surface area contributed by atoms with Crippen molar-refractivity contribution in [3.63, 3.8) is 0 Å². The van der Waals surface area contributed by atoms with Gasteiger partial charge in [0.15, 0.2) is 5.65 Å². The van der Waals surface area contributed by atoms with Gasteiger partial charge >= 0.3 is 0 Å². The van der Waals surface area contributed by atoms with Crippen LogP contribution in [0.3, 0.4) is 0 Å². The molecule has 3 aromatic heterocycles. The third-order valence-corrected chi connectivity index (χ3v) is 4.14. The fraction of sp³-hybridized carbons (Fsp3) is 0.250. The van der Waals surface area contributed by atoms with Gasteiger partial charge in [-0.3, -0.25) is 9.08 Å². The first-order valence-electron chi connectivity index (χ1n) is 7.50. The molecule has 0 bridgehead atoms. The van der Waals surface area contributed by atoms with Crippen LogP contribution < -0.4 is 0 Å². The highest BCUT2D eigenvalue weighted by molar-refractivity contribution is 6.30. The van der Waals surface area contributed by atoms with Gasteiger partial charge in [-0.2, -0.15) is 5.10 Å². The van der Waals surface area contributed by atoms with E-state index < -0.39 is 0 Å². The molecule has 0 aliphatic carbocycles. The summed E-state index contributed by atoms with van der Waals surface area (Å²) < 4.78 is 3.73. The topological polar surface area (TPSA) is 60.9 Å². The number of aromatic nitrogens is 6. The van der Waals surface area contributed by atoms with Crippen molar-refractivity contribution in [3.05, 3.63) is 41.3 Å². The highest BCUT2D eigenvalue weighted by Gasteiger charge is 2.18. The summed E-state index contributed by atoms with van der Waals surface area (Å²) >= 11 is 6.00. The van der Waals surface area contributed by atoms with Crippen LogP contribution in [0.25, 0.3) is 28.1 Å². The second-order valence-corrected chi connectivity index (χ2v) is 5.92. The van der Waals surface area contributed by atoms with Gasteiger partial charge < -0.3 is 0 Å². The van der Waals surface area contributed by atoms with Crippen molar-refractivity contribution >= 4 is 28.3 Å². The van der Waals surface area contributed by atoms with Gasteiger partial charge in [-0.15, -0.1) is 10.2 Å². The Labute approximate surface area is 137 Å². The number of nitrogens with zero attached hydrogens (tertiary/aromatic N) is 6. The number of hydrogen-bond donors (Lipinski definition) is 0. The Kier molecular flexibility index (Phi) is 3.27. The standard InChI is InChI=1S/C16H15ClN6/c1-3-4-12-13-14(22(2)21-12)16-20-18-9-23(16)15(19-13)10-5-7-11(17)8-6-10/h5-9H,3-4H2,1-2H3. The van der Waals surface area contributed by atoms with E-state index in [9.17, 15) is 0 Å². The average molecular weight is 327 g/mol. The van der Waals surface area contributed by atoms with E-state index in [1.807, 2.05) is 40.4 Å². The van der Waals surface area contributed by atoms with Gasteiger partial charge in [0.05, 0.1) is 5.69 Å². The van der Waals surface area contributed by atoms with E-state index in [2.05, 4.69) is 22.2 Å². The first-order chi connectivity index (χ1) is 11.2. The summed E-state index contributed by atoms with van der Waals surface area (Å²) in [7, 11) is 1.92. The molecule has 0 atom stereocenters. The van der Waals surface area contributed by atoms with Crippen LogP contribution in [-0.2, 0) is 13.5 Å². The molecule has 0 aliphatic rings. The number of halogens is 1. The minimum Gasteiger partial charge on any atom is -0.263 e. The van der Waals surface area contributed by atoms with E-state index in [1.54, 1.807) is 6.33 Å². The Morgan fingerprint density at radius 3 is 2.70 bits per heavy atom. The van der Waals surface area contributed by atoms with Crippen molar-refractivity contribution in [2.75, 3.05) is 0 Å². The van der Waals surface area contributed by atoms with Crippen molar-refractivity contribution < 1.29 is 0 Å². The average Bonchev–Trinajstić information content (AvgIpc) is 3.13. The largest absolute Gasteiger partial charge is 0.263 e. The summed E-state index contributed by atoms with van der Waals surface area (Å²) in [6.07, 6.45) is 3.58. The summed E-state index contributed by atoms with van der Waals surface area (Å²) in [6, 6.07) is 7.61. The summed E-state index contributed by atoms with van der Waals surface area (Å²) in [5, 5.41) is 13.6. The molecule has 0 saturated heterocycles. The number of fused-ring (bicyclic) bond motifs is 3. The molecule has 0 unspecified atom stereocenters. The lowest BCUT2D eigenvalue weighted by atomic mass is 10.2. The molecule has 0 saturated carbocycles. The van der Waals surface area contributed by atoms with Crippen molar-refractivity contribution in [2.45, 2.75) is 19.8 Å². The molecule has 0 radical (unpaired) electrons. The molecule has 116 valence electrons. The molecule has 0 spiro atoms. The van der Waals surface area contributed by atoms with E-state index in [1.165, 1.54) is 0 Å². The molecule has 7 heteroatoms. The summed E-state index contributed by atoms with van der Waals surface area (Å²) in [5.74, 6) is 0.791. The maximum Gasteiger partial charge on any atom is 0.190 e. The van der Waals surface area contributed by atoms with Crippen LogP contribution in [0.5, 0.6) is 0 Å². The first kappa shape index (κ1) is 14.1. The lowest BCUT2D eigenvalue weighted by Crippen LogP contribution is -1.99. The summed E-state index contributed by atoms with van der Waals surface area (Å²) in [5.41, 5.74) is 4.51. The predicted octanol–water partition coefficient (Wildman–Crippen LogP) is 3.28. The van der Waals surface area contributed by atoms with E-state index >= 15 is 0 Å². The van der Waals surface area contributed by atoms with Gasteiger partial charge in [0, 0.05) is 17.6 Å². The van der Waals surface area contributed by atoms with Gasteiger partial charge in [0.25, 0.3) is 0 Å².